The molecule has 0 saturated heterocycles. The second-order valence-corrected chi connectivity index (χ2v) is 4.97. The summed E-state index contributed by atoms with van der Waals surface area (Å²) in [6, 6.07) is 0. The maximum absolute atomic E-state index is 11.2. The molecule has 0 aromatic rings. The Kier molecular flexibility index (Phi) is 7.00. The average molecular weight is 254 g/mol. The molecule has 0 aromatic carbocycles. The van der Waals surface area contributed by atoms with Gasteiger partial charge in [-0.3, -0.25) is 0 Å². The fourth-order valence-electron chi connectivity index (χ4n) is 0. The predicted molar refractivity (Wildman–Crippen MR) is 42.6 cm³/mol. The molecule has 0 unspecified atom stereocenters. The van der Waals surface area contributed by atoms with Crippen molar-refractivity contribution in [2.75, 3.05) is 0 Å². The van der Waals surface area contributed by atoms with Crippen LogP contribution in [-0.2, 0) is 0 Å². The standard InChI is InChI=1S/C2H3Cl2F.CCl3F/c1-2(3,4)5;2-1(3,4)5/h1H3;. The first-order valence-corrected chi connectivity index (χ1v) is 3.71. The largest absolute Gasteiger partial charge is 0.333 e. The minimum atomic E-state index is -2.58. The topological polar surface area (TPSA) is 0 Å². The van der Waals surface area contributed by atoms with Crippen molar-refractivity contribution < 1.29 is 8.78 Å². The van der Waals surface area contributed by atoms with Crippen molar-refractivity contribution in [3.05, 3.63) is 0 Å². The summed E-state index contributed by atoms with van der Waals surface area (Å²) in [4.78, 5) is 0. The first kappa shape index (κ1) is 13.9. The van der Waals surface area contributed by atoms with Gasteiger partial charge in [0.25, 0.3) is 4.59 Å². The lowest BCUT2D eigenvalue weighted by Gasteiger charge is -1.92. The van der Waals surface area contributed by atoms with Gasteiger partial charge in [0.05, 0.1) is 0 Å². The number of alkyl halides is 7. The lowest BCUT2D eigenvalue weighted by Crippen LogP contribution is -1.90. The highest BCUT2D eigenvalue weighted by molar-refractivity contribution is 6.66. The van der Waals surface area contributed by atoms with Crippen molar-refractivity contribution in [2.24, 2.45) is 0 Å². The van der Waals surface area contributed by atoms with E-state index in [9.17, 15) is 8.78 Å². The lowest BCUT2D eigenvalue weighted by atomic mass is 10.9. The van der Waals surface area contributed by atoms with Gasteiger partial charge in [-0.2, -0.15) is 4.39 Å². The zero-order valence-electron chi connectivity index (χ0n) is 4.65. The summed E-state index contributed by atoms with van der Waals surface area (Å²) in [5, 5.41) is 0. The van der Waals surface area contributed by atoms with Crippen molar-refractivity contribution >= 4 is 58.0 Å². The second-order valence-electron chi connectivity index (χ2n) is 1.21. The molecule has 0 fully saturated rings. The van der Waals surface area contributed by atoms with Crippen LogP contribution >= 0.6 is 58.0 Å². The minimum Gasteiger partial charge on any atom is -0.208 e. The van der Waals surface area contributed by atoms with Crippen LogP contribution in [0.25, 0.3) is 0 Å². The number of hydrogen-bond acceptors (Lipinski definition) is 0. The zero-order chi connectivity index (χ0) is 9.00. The smallest absolute Gasteiger partial charge is 0.208 e. The SMILES string of the molecule is CC(F)(Cl)Cl.FC(Cl)(Cl)Cl. The molecule has 0 saturated carbocycles. The number of rotatable bonds is 0. The number of halogens is 7. The van der Waals surface area contributed by atoms with Gasteiger partial charge in [-0.25, -0.2) is 4.39 Å². The molecular weight excluding hydrogens is 251 g/mol. The van der Waals surface area contributed by atoms with Gasteiger partial charge < -0.3 is 0 Å². The Morgan fingerprint density at radius 3 is 0.900 bits per heavy atom. The molecule has 0 aliphatic heterocycles. The summed E-state index contributed by atoms with van der Waals surface area (Å²) >= 11 is 22.4. The van der Waals surface area contributed by atoms with Crippen LogP contribution in [0.1, 0.15) is 6.92 Å². The minimum absolute atomic E-state index is 1.05. The molecule has 0 nitrogen and oxygen atoms in total. The van der Waals surface area contributed by atoms with E-state index in [4.69, 9.17) is 0 Å². The van der Waals surface area contributed by atoms with Crippen LogP contribution in [0.5, 0.6) is 0 Å². The molecular formula is C3H3Cl5F2. The third kappa shape index (κ3) is 375. The predicted octanol–water partition coefficient (Wildman–Crippen LogP) is 4.39. The van der Waals surface area contributed by atoms with Gasteiger partial charge in [0, 0.05) is 0 Å². The molecule has 0 aliphatic carbocycles. The molecule has 0 heterocycles. The molecule has 0 atom stereocenters. The van der Waals surface area contributed by atoms with Crippen LogP contribution in [0.2, 0.25) is 0 Å². The van der Waals surface area contributed by atoms with Crippen LogP contribution in [0.15, 0.2) is 0 Å². The maximum atomic E-state index is 11.2. The molecule has 0 rings (SSSR count). The van der Waals surface area contributed by atoms with Crippen LogP contribution in [0.4, 0.5) is 8.78 Å². The van der Waals surface area contributed by atoms with Crippen LogP contribution in [-0.4, -0.2) is 8.63 Å². The van der Waals surface area contributed by atoms with E-state index in [0.29, 0.717) is 0 Å². The molecule has 0 aromatic heterocycles. The molecule has 0 bridgehead atoms. The van der Waals surface area contributed by atoms with Gasteiger partial charge in [0.1, 0.15) is 0 Å². The zero-order valence-corrected chi connectivity index (χ0v) is 8.43. The Hall–Kier alpha value is 1.31. The Morgan fingerprint density at radius 2 is 0.900 bits per heavy atom. The third-order valence-electron chi connectivity index (χ3n) is 0. The molecule has 0 radical (unpaired) electrons. The highest BCUT2D eigenvalue weighted by Gasteiger charge is 2.14. The lowest BCUT2D eigenvalue weighted by molar-refractivity contribution is 0.424. The first-order chi connectivity index (χ1) is 4.00. The van der Waals surface area contributed by atoms with Gasteiger partial charge in [0.15, 0.2) is 0 Å². The fourth-order valence-corrected chi connectivity index (χ4v) is 0. The van der Waals surface area contributed by atoms with E-state index in [1.54, 1.807) is 0 Å². The Balaban J connectivity index is 0. The summed E-state index contributed by atoms with van der Waals surface area (Å²) < 4.78 is 17.6. The first-order valence-electron chi connectivity index (χ1n) is 1.82. The van der Waals surface area contributed by atoms with Crippen molar-refractivity contribution in [1.82, 2.24) is 0 Å². The fraction of sp³-hybridized carbons (Fsp3) is 1.00. The van der Waals surface area contributed by atoms with Crippen LogP contribution in [0, 0.1) is 0 Å². The van der Waals surface area contributed by atoms with Gasteiger partial charge >= 0.3 is 4.05 Å². The average Bonchev–Trinajstić information content (AvgIpc) is 1.12. The van der Waals surface area contributed by atoms with Crippen molar-refractivity contribution in [3.63, 3.8) is 0 Å². The van der Waals surface area contributed by atoms with Crippen LogP contribution in [0.3, 0.4) is 0 Å². The van der Waals surface area contributed by atoms with E-state index in [1.807, 2.05) is 0 Å². The highest BCUT2D eigenvalue weighted by Crippen LogP contribution is 2.26. The van der Waals surface area contributed by atoms with E-state index in [1.165, 1.54) is 0 Å². The van der Waals surface area contributed by atoms with Gasteiger partial charge in [-0.15, -0.1) is 0 Å². The Labute approximate surface area is 82.3 Å². The number of hydrogen-bond donors (Lipinski definition) is 0. The Bertz CT molecular complexity index is 57.9. The molecule has 0 aliphatic rings. The van der Waals surface area contributed by atoms with Gasteiger partial charge in [0.2, 0.25) is 0 Å². The van der Waals surface area contributed by atoms with Crippen molar-refractivity contribution in [2.45, 2.75) is 15.6 Å². The molecule has 0 amide bonds. The molecule has 0 N–H and O–H groups in total. The molecule has 7 heteroatoms. The van der Waals surface area contributed by atoms with Gasteiger partial charge in [-0.05, 0) is 41.7 Å². The van der Waals surface area contributed by atoms with E-state index in [-0.39, 0.29) is 0 Å². The van der Waals surface area contributed by atoms with E-state index in [0.717, 1.165) is 6.92 Å². The van der Waals surface area contributed by atoms with Crippen LogP contribution < -0.4 is 0 Å². The van der Waals surface area contributed by atoms with E-state index >= 15 is 0 Å². The molecule has 64 valence electrons. The van der Waals surface area contributed by atoms with Crippen molar-refractivity contribution in [1.29, 1.82) is 0 Å². The van der Waals surface area contributed by atoms with E-state index < -0.39 is 8.63 Å². The normalized spacial score (nSPS) is 12.0. The molecule has 0 spiro atoms. The second kappa shape index (κ2) is 5.04. The summed E-state index contributed by atoms with van der Waals surface area (Å²) in [6.07, 6.45) is 0. The summed E-state index contributed by atoms with van der Waals surface area (Å²) in [7, 11) is 0. The van der Waals surface area contributed by atoms with E-state index in [2.05, 4.69) is 58.0 Å². The summed E-state index contributed by atoms with van der Waals surface area (Å²) in [6.45, 7) is 1.05. The maximum Gasteiger partial charge on any atom is 0.333 e. The highest BCUT2D eigenvalue weighted by atomic mass is 35.6. The Morgan fingerprint density at radius 1 is 0.900 bits per heavy atom. The quantitative estimate of drug-likeness (QED) is 0.562. The summed E-state index contributed by atoms with van der Waals surface area (Å²) in [5.41, 5.74) is 0. The monoisotopic (exact) mass is 252 g/mol. The van der Waals surface area contributed by atoms with Gasteiger partial charge in [-0.1, -0.05) is 23.2 Å². The third-order valence-corrected chi connectivity index (χ3v) is 0. The van der Waals surface area contributed by atoms with Crippen molar-refractivity contribution in [3.8, 4) is 0 Å². The molecule has 10 heavy (non-hydrogen) atoms. The summed E-state index contributed by atoms with van der Waals surface area (Å²) in [5.74, 6) is 0.